The highest BCUT2D eigenvalue weighted by atomic mass is 16.2. The quantitative estimate of drug-likeness (QED) is 0.385. The maximum atomic E-state index is 13.9. The molecule has 0 unspecified atom stereocenters. The van der Waals surface area contributed by atoms with Crippen molar-refractivity contribution in [1.82, 2.24) is 9.88 Å². The van der Waals surface area contributed by atoms with Gasteiger partial charge in [0.2, 0.25) is 0 Å². The lowest BCUT2D eigenvalue weighted by Crippen LogP contribution is -2.44. The molecule has 0 saturated carbocycles. The number of H-pyrrole nitrogens is 1. The molecule has 0 bridgehead atoms. The van der Waals surface area contributed by atoms with Crippen molar-refractivity contribution in [2.24, 2.45) is 0 Å². The molecule has 5 heteroatoms. The summed E-state index contributed by atoms with van der Waals surface area (Å²) in [4.78, 5) is 34.3. The van der Waals surface area contributed by atoms with Crippen LogP contribution in [0.15, 0.2) is 72.8 Å². The van der Waals surface area contributed by atoms with Crippen LogP contribution in [0.3, 0.4) is 0 Å². The summed E-state index contributed by atoms with van der Waals surface area (Å²) >= 11 is 0. The highest BCUT2D eigenvalue weighted by Crippen LogP contribution is 2.44. The molecule has 170 valence electrons. The molecule has 0 spiro atoms. The standard InChI is InChI=1S/C29H27N3O2/c1-17(2)19-12-14-21(15-13-19)31-28(33)25-16-23-22-6-4-5-7-24(22)30-26(23)27(32(25)29(31)34)20-10-8-18(3)9-11-20/h4-15,17,25,27,30H,16H2,1-3H3/t25-,27+/m0/s1. The molecule has 0 radical (unpaired) electrons. The molecule has 2 atom stereocenters. The van der Waals surface area contributed by atoms with Gasteiger partial charge in [0.25, 0.3) is 5.91 Å². The summed E-state index contributed by atoms with van der Waals surface area (Å²) in [5, 5.41) is 1.12. The van der Waals surface area contributed by atoms with Crippen molar-refractivity contribution in [2.75, 3.05) is 4.90 Å². The smallest absolute Gasteiger partial charge is 0.332 e. The van der Waals surface area contributed by atoms with Crippen molar-refractivity contribution in [3.8, 4) is 0 Å². The molecule has 1 aromatic heterocycles. The number of carbonyl (C=O) groups is 2. The second-order valence-corrected chi connectivity index (χ2v) is 9.71. The number of carbonyl (C=O) groups excluding carboxylic acids is 2. The number of fused-ring (bicyclic) bond motifs is 4. The summed E-state index contributed by atoms with van der Waals surface area (Å²) in [6.45, 7) is 6.31. The highest BCUT2D eigenvalue weighted by molar-refractivity contribution is 6.22. The Labute approximate surface area is 199 Å². The molecule has 5 nitrogen and oxygen atoms in total. The summed E-state index contributed by atoms with van der Waals surface area (Å²) in [5.41, 5.74) is 7.13. The lowest BCUT2D eigenvalue weighted by atomic mass is 9.88. The Kier molecular flexibility index (Phi) is 4.63. The number of hydrogen-bond acceptors (Lipinski definition) is 2. The van der Waals surface area contributed by atoms with Crippen LogP contribution >= 0.6 is 0 Å². The van der Waals surface area contributed by atoms with Gasteiger partial charge in [-0.2, -0.15) is 0 Å². The zero-order valence-electron chi connectivity index (χ0n) is 19.6. The number of imide groups is 1. The van der Waals surface area contributed by atoms with Crippen molar-refractivity contribution < 1.29 is 9.59 Å². The third kappa shape index (κ3) is 3.00. The van der Waals surface area contributed by atoms with E-state index in [4.69, 9.17) is 0 Å². The topological polar surface area (TPSA) is 56.4 Å². The van der Waals surface area contributed by atoms with Crippen LogP contribution in [0.4, 0.5) is 10.5 Å². The molecular formula is C29H27N3O2. The first-order chi connectivity index (χ1) is 16.4. The fraction of sp³-hybridized carbons (Fsp3) is 0.241. The van der Waals surface area contributed by atoms with E-state index in [2.05, 4.69) is 62.2 Å². The molecule has 3 amide bonds. The number of nitrogens with zero attached hydrogens (tertiary/aromatic N) is 2. The van der Waals surface area contributed by atoms with Gasteiger partial charge in [-0.05, 0) is 47.7 Å². The Balaban J connectivity index is 1.49. The van der Waals surface area contributed by atoms with Gasteiger partial charge in [-0.15, -0.1) is 0 Å². The van der Waals surface area contributed by atoms with Gasteiger partial charge in [-0.25, -0.2) is 9.69 Å². The average Bonchev–Trinajstić information content (AvgIpc) is 3.33. The molecule has 0 aliphatic carbocycles. The Bertz CT molecular complexity index is 1420. The van der Waals surface area contributed by atoms with Crippen molar-refractivity contribution >= 4 is 28.5 Å². The van der Waals surface area contributed by atoms with E-state index >= 15 is 0 Å². The van der Waals surface area contributed by atoms with E-state index in [0.29, 0.717) is 18.0 Å². The van der Waals surface area contributed by atoms with Crippen molar-refractivity contribution in [2.45, 2.75) is 45.2 Å². The predicted octanol–water partition coefficient (Wildman–Crippen LogP) is 6.08. The van der Waals surface area contributed by atoms with Gasteiger partial charge in [-0.3, -0.25) is 9.69 Å². The Hall–Kier alpha value is -3.86. The number of benzene rings is 3. The summed E-state index contributed by atoms with van der Waals surface area (Å²) in [7, 11) is 0. The molecule has 34 heavy (non-hydrogen) atoms. The summed E-state index contributed by atoms with van der Waals surface area (Å²) < 4.78 is 0. The number of hydrogen-bond donors (Lipinski definition) is 1. The van der Waals surface area contributed by atoms with E-state index < -0.39 is 6.04 Å². The molecule has 1 N–H and O–H groups in total. The normalized spacial score (nSPS) is 19.8. The van der Waals surface area contributed by atoms with Gasteiger partial charge in [0.05, 0.1) is 5.69 Å². The number of nitrogens with one attached hydrogen (secondary N) is 1. The first-order valence-corrected chi connectivity index (χ1v) is 11.9. The number of para-hydroxylation sites is 1. The lowest BCUT2D eigenvalue weighted by Gasteiger charge is -2.36. The number of amides is 3. The maximum Gasteiger partial charge on any atom is 0.332 e. The van der Waals surface area contributed by atoms with E-state index in [1.165, 1.54) is 10.5 Å². The molecule has 1 saturated heterocycles. The molecule has 1 fully saturated rings. The lowest BCUT2D eigenvalue weighted by molar-refractivity contribution is -0.120. The van der Waals surface area contributed by atoms with E-state index in [9.17, 15) is 9.59 Å². The number of aryl methyl sites for hydroxylation is 1. The minimum Gasteiger partial charge on any atom is -0.356 e. The number of rotatable bonds is 3. The third-order valence-electron chi connectivity index (χ3n) is 7.26. The highest BCUT2D eigenvalue weighted by Gasteiger charge is 2.53. The van der Waals surface area contributed by atoms with Crippen LogP contribution in [0.25, 0.3) is 10.9 Å². The van der Waals surface area contributed by atoms with Gasteiger partial charge in [0.1, 0.15) is 12.1 Å². The number of aromatic amines is 1. The zero-order chi connectivity index (χ0) is 23.6. The molecule has 3 aromatic carbocycles. The van der Waals surface area contributed by atoms with Crippen LogP contribution in [-0.2, 0) is 11.2 Å². The van der Waals surface area contributed by atoms with Crippen LogP contribution in [0, 0.1) is 6.92 Å². The van der Waals surface area contributed by atoms with Crippen LogP contribution in [0.1, 0.15) is 53.8 Å². The summed E-state index contributed by atoms with van der Waals surface area (Å²) in [6.07, 6.45) is 0.507. The molecule has 3 heterocycles. The van der Waals surface area contributed by atoms with Crippen LogP contribution < -0.4 is 4.90 Å². The number of aromatic nitrogens is 1. The van der Waals surface area contributed by atoms with Crippen LogP contribution in [-0.4, -0.2) is 27.9 Å². The predicted molar refractivity (Wildman–Crippen MR) is 134 cm³/mol. The van der Waals surface area contributed by atoms with E-state index in [0.717, 1.165) is 33.3 Å². The van der Waals surface area contributed by atoms with E-state index in [-0.39, 0.29) is 18.0 Å². The van der Waals surface area contributed by atoms with Crippen molar-refractivity contribution in [3.63, 3.8) is 0 Å². The van der Waals surface area contributed by atoms with E-state index in [1.54, 1.807) is 4.90 Å². The molecular weight excluding hydrogens is 422 g/mol. The molecule has 4 aromatic rings. The largest absolute Gasteiger partial charge is 0.356 e. The maximum absolute atomic E-state index is 13.9. The second-order valence-electron chi connectivity index (χ2n) is 9.71. The van der Waals surface area contributed by atoms with Crippen LogP contribution in [0.5, 0.6) is 0 Å². The third-order valence-corrected chi connectivity index (χ3v) is 7.26. The monoisotopic (exact) mass is 449 g/mol. The minimum atomic E-state index is -0.532. The number of anilines is 1. The first-order valence-electron chi connectivity index (χ1n) is 11.9. The SMILES string of the molecule is Cc1ccc([C@@H]2c3[nH]c4ccccc4c3C[C@H]3C(=O)N(c4ccc(C(C)C)cc4)C(=O)N23)cc1. The van der Waals surface area contributed by atoms with Crippen molar-refractivity contribution in [1.29, 1.82) is 0 Å². The molecule has 2 aliphatic rings. The molecule has 6 rings (SSSR count). The minimum absolute atomic E-state index is 0.157. The van der Waals surface area contributed by atoms with Gasteiger partial charge >= 0.3 is 6.03 Å². The van der Waals surface area contributed by atoms with Crippen LogP contribution in [0.2, 0.25) is 0 Å². The number of urea groups is 1. The molecule has 2 aliphatic heterocycles. The zero-order valence-corrected chi connectivity index (χ0v) is 19.6. The van der Waals surface area contributed by atoms with Crippen molar-refractivity contribution in [3.05, 3.63) is 101 Å². The Morgan fingerprint density at radius 2 is 1.62 bits per heavy atom. The van der Waals surface area contributed by atoms with Gasteiger partial charge in [-0.1, -0.05) is 74.0 Å². The summed E-state index contributed by atoms with van der Waals surface area (Å²) in [6, 6.07) is 23.1. The van der Waals surface area contributed by atoms with Gasteiger partial charge < -0.3 is 4.98 Å². The first kappa shape index (κ1) is 20.7. The summed E-state index contributed by atoms with van der Waals surface area (Å²) in [5.74, 6) is 0.227. The fourth-order valence-corrected chi connectivity index (χ4v) is 5.42. The Morgan fingerprint density at radius 1 is 0.912 bits per heavy atom. The Morgan fingerprint density at radius 3 is 2.32 bits per heavy atom. The van der Waals surface area contributed by atoms with E-state index in [1.807, 2.05) is 36.4 Å². The van der Waals surface area contributed by atoms with Gasteiger partial charge in [0, 0.05) is 23.0 Å². The fourth-order valence-electron chi connectivity index (χ4n) is 5.42. The average molecular weight is 450 g/mol. The second kappa shape index (κ2) is 7.59. The van der Waals surface area contributed by atoms with Gasteiger partial charge in [0.15, 0.2) is 0 Å².